The Hall–Kier alpha value is -2.82. The predicted octanol–water partition coefficient (Wildman–Crippen LogP) is 3.00. The van der Waals surface area contributed by atoms with Gasteiger partial charge in [0.15, 0.2) is 0 Å². The Morgan fingerprint density at radius 1 is 1.22 bits per heavy atom. The Balaban J connectivity index is 2.30. The van der Waals surface area contributed by atoms with Crippen molar-refractivity contribution in [2.75, 3.05) is 13.7 Å². The van der Waals surface area contributed by atoms with Gasteiger partial charge in [-0.1, -0.05) is 36.4 Å². The third kappa shape index (κ3) is 7.13. The summed E-state index contributed by atoms with van der Waals surface area (Å²) < 4.78 is 10.3. The zero-order chi connectivity index (χ0) is 16.9. The molecule has 23 heavy (non-hydrogen) atoms. The molecule has 5 nitrogen and oxygen atoms in total. The number of ether oxygens (including phenoxy) is 2. The molecule has 1 aromatic rings. The molecule has 1 amide bonds. The van der Waals surface area contributed by atoms with E-state index in [1.54, 1.807) is 42.5 Å². The summed E-state index contributed by atoms with van der Waals surface area (Å²) >= 11 is 0. The first kappa shape index (κ1) is 18.2. The van der Waals surface area contributed by atoms with Gasteiger partial charge in [-0.25, -0.2) is 4.79 Å². The monoisotopic (exact) mass is 315 g/mol. The highest BCUT2D eigenvalue weighted by atomic mass is 16.5. The first-order valence-corrected chi connectivity index (χ1v) is 7.24. The van der Waals surface area contributed by atoms with E-state index in [0.29, 0.717) is 17.7 Å². The molecule has 0 radical (unpaired) electrons. The molecule has 0 saturated heterocycles. The van der Waals surface area contributed by atoms with E-state index in [-0.39, 0.29) is 12.5 Å². The minimum Gasteiger partial charge on any atom is -0.496 e. The van der Waals surface area contributed by atoms with Crippen molar-refractivity contribution in [3.8, 4) is 5.75 Å². The molecule has 0 bridgehead atoms. The number of allylic oxidation sites excluding steroid dienone is 3. The third-order valence-electron chi connectivity index (χ3n) is 2.74. The van der Waals surface area contributed by atoms with Crippen molar-refractivity contribution in [2.45, 2.75) is 13.3 Å². The number of hydrogen-bond donors (Lipinski definition) is 1. The third-order valence-corrected chi connectivity index (χ3v) is 2.74. The van der Waals surface area contributed by atoms with Crippen LogP contribution in [-0.4, -0.2) is 25.6 Å². The molecule has 122 valence electrons. The second-order valence-corrected chi connectivity index (χ2v) is 4.42. The number of rotatable bonds is 8. The molecule has 5 heteroatoms. The van der Waals surface area contributed by atoms with Crippen molar-refractivity contribution in [3.05, 3.63) is 66.4 Å². The Bertz CT molecular complexity index is 603. The molecular weight excluding hydrogens is 294 g/mol. The van der Waals surface area contributed by atoms with Crippen LogP contribution in [0.3, 0.4) is 0 Å². The van der Waals surface area contributed by atoms with Gasteiger partial charge in [-0.05, 0) is 19.1 Å². The highest BCUT2D eigenvalue weighted by molar-refractivity contribution is 5.92. The normalized spacial score (nSPS) is 11.2. The number of methoxy groups -OCH3 is 1. The highest BCUT2D eigenvalue weighted by Crippen LogP contribution is 2.18. The number of para-hydroxylation sites is 1. The second kappa shape index (κ2) is 10.8. The number of carbonyl (C=O) groups is 2. The number of esters is 1. The van der Waals surface area contributed by atoms with Crippen LogP contribution >= 0.6 is 0 Å². The minimum absolute atomic E-state index is 0.217. The van der Waals surface area contributed by atoms with Crippen LogP contribution in [0, 0.1) is 0 Å². The molecule has 0 aromatic heterocycles. The number of hydrogen-bond acceptors (Lipinski definition) is 4. The summed E-state index contributed by atoms with van der Waals surface area (Å²) in [5.41, 5.74) is 0.390. The quantitative estimate of drug-likeness (QED) is 0.347. The van der Waals surface area contributed by atoms with Gasteiger partial charge in [0.05, 0.1) is 13.7 Å². The molecule has 0 unspecified atom stereocenters. The summed E-state index contributed by atoms with van der Waals surface area (Å²) in [6.07, 6.45) is 10.4. The molecule has 0 aliphatic carbocycles. The van der Waals surface area contributed by atoms with E-state index >= 15 is 0 Å². The Morgan fingerprint density at radius 2 is 2.00 bits per heavy atom. The van der Waals surface area contributed by atoms with Crippen molar-refractivity contribution >= 4 is 11.9 Å². The average Bonchev–Trinajstić information content (AvgIpc) is 2.57. The van der Waals surface area contributed by atoms with Gasteiger partial charge in [-0.15, -0.1) is 0 Å². The SMILES string of the molecule is C/C=C/C=C/C(=O)N/C=C/CCOC(=O)c1ccccc1OC. The fraction of sp³-hybridized carbons (Fsp3) is 0.222. The van der Waals surface area contributed by atoms with E-state index in [4.69, 9.17) is 9.47 Å². The zero-order valence-electron chi connectivity index (χ0n) is 13.3. The summed E-state index contributed by atoms with van der Waals surface area (Å²) in [7, 11) is 1.50. The Morgan fingerprint density at radius 3 is 2.74 bits per heavy atom. The van der Waals surface area contributed by atoms with Crippen molar-refractivity contribution in [2.24, 2.45) is 0 Å². The molecule has 0 spiro atoms. The van der Waals surface area contributed by atoms with Crippen LogP contribution in [0.2, 0.25) is 0 Å². The fourth-order valence-electron chi connectivity index (χ4n) is 1.64. The van der Waals surface area contributed by atoms with Crippen LogP contribution in [-0.2, 0) is 9.53 Å². The molecular formula is C18H21NO4. The lowest BCUT2D eigenvalue weighted by Crippen LogP contribution is -2.13. The summed E-state index contributed by atoms with van der Waals surface area (Å²) in [5.74, 6) is -0.173. The van der Waals surface area contributed by atoms with Gasteiger partial charge in [-0.2, -0.15) is 0 Å². The molecule has 0 aliphatic heterocycles. The topological polar surface area (TPSA) is 64.6 Å². The Labute approximate surface area is 136 Å². The standard InChI is InChI=1S/C18H21NO4/c1-3-4-5-12-17(20)19-13-8-9-14-23-18(21)15-10-6-7-11-16(15)22-2/h3-8,10-13H,9,14H2,1-2H3,(H,19,20)/b4-3+,12-5+,13-8+. The van der Waals surface area contributed by atoms with Crippen LogP contribution < -0.4 is 10.1 Å². The van der Waals surface area contributed by atoms with Gasteiger partial charge in [0.25, 0.3) is 0 Å². The molecule has 1 aromatic carbocycles. The first-order chi connectivity index (χ1) is 11.2. The van der Waals surface area contributed by atoms with Gasteiger partial charge in [-0.3, -0.25) is 4.79 Å². The Kier molecular flexibility index (Phi) is 8.59. The molecule has 1 rings (SSSR count). The lowest BCUT2D eigenvalue weighted by molar-refractivity contribution is -0.115. The number of carbonyl (C=O) groups excluding carboxylic acids is 2. The van der Waals surface area contributed by atoms with E-state index in [9.17, 15) is 9.59 Å². The summed E-state index contributed by atoms with van der Waals surface area (Å²) in [4.78, 5) is 23.2. The van der Waals surface area contributed by atoms with E-state index < -0.39 is 5.97 Å². The highest BCUT2D eigenvalue weighted by Gasteiger charge is 2.11. The van der Waals surface area contributed by atoms with Crippen molar-refractivity contribution < 1.29 is 19.1 Å². The van der Waals surface area contributed by atoms with Crippen LogP contribution in [0.4, 0.5) is 0 Å². The van der Waals surface area contributed by atoms with Gasteiger partial charge < -0.3 is 14.8 Å². The van der Waals surface area contributed by atoms with E-state index in [0.717, 1.165) is 0 Å². The van der Waals surface area contributed by atoms with Gasteiger partial charge in [0, 0.05) is 18.7 Å². The molecule has 0 fully saturated rings. The van der Waals surface area contributed by atoms with Crippen LogP contribution in [0.15, 0.2) is 60.8 Å². The van der Waals surface area contributed by atoms with Crippen molar-refractivity contribution in [1.29, 1.82) is 0 Å². The smallest absolute Gasteiger partial charge is 0.341 e. The molecule has 0 saturated carbocycles. The van der Waals surface area contributed by atoms with Crippen molar-refractivity contribution in [3.63, 3.8) is 0 Å². The maximum absolute atomic E-state index is 11.9. The van der Waals surface area contributed by atoms with Gasteiger partial charge in [0.1, 0.15) is 11.3 Å². The first-order valence-electron chi connectivity index (χ1n) is 7.24. The van der Waals surface area contributed by atoms with Crippen LogP contribution in [0.1, 0.15) is 23.7 Å². The number of benzene rings is 1. The zero-order valence-corrected chi connectivity index (χ0v) is 13.3. The average molecular weight is 315 g/mol. The largest absolute Gasteiger partial charge is 0.496 e. The summed E-state index contributed by atoms with van der Waals surface area (Å²) in [5, 5.41) is 2.58. The summed E-state index contributed by atoms with van der Waals surface area (Å²) in [6, 6.07) is 6.88. The number of amides is 1. The molecule has 0 atom stereocenters. The predicted molar refractivity (Wildman–Crippen MR) is 89.1 cm³/mol. The molecule has 1 N–H and O–H groups in total. The lowest BCUT2D eigenvalue weighted by atomic mass is 10.2. The maximum Gasteiger partial charge on any atom is 0.341 e. The van der Waals surface area contributed by atoms with Crippen molar-refractivity contribution in [1.82, 2.24) is 5.32 Å². The van der Waals surface area contributed by atoms with E-state index in [2.05, 4.69) is 5.32 Å². The molecule has 0 heterocycles. The lowest BCUT2D eigenvalue weighted by Gasteiger charge is -2.07. The fourth-order valence-corrected chi connectivity index (χ4v) is 1.64. The maximum atomic E-state index is 11.9. The van der Waals surface area contributed by atoms with Crippen LogP contribution in [0.25, 0.3) is 0 Å². The number of nitrogens with one attached hydrogen (secondary N) is 1. The van der Waals surface area contributed by atoms with Gasteiger partial charge in [0.2, 0.25) is 5.91 Å². The van der Waals surface area contributed by atoms with E-state index in [1.807, 2.05) is 13.0 Å². The molecule has 0 aliphatic rings. The minimum atomic E-state index is -0.436. The summed E-state index contributed by atoms with van der Waals surface area (Å²) in [6.45, 7) is 2.09. The van der Waals surface area contributed by atoms with E-state index in [1.165, 1.54) is 19.4 Å². The van der Waals surface area contributed by atoms with Gasteiger partial charge >= 0.3 is 5.97 Å². The second-order valence-electron chi connectivity index (χ2n) is 4.42. The van der Waals surface area contributed by atoms with Crippen LogP contribution in [0.5, 0.6) is 5.75 Å².